The summed E-state index contributed by atoms with van der Waals surface area (Å²) < 4.78 is 13.8. The maximum absolute atomic E-state index is 13.4. The highest BCUT2D eigenvalue weighted by atomic mass is 16.5. The average Bonchev–Trinajstić information content (AvgIpc) is 2.87. The predicted molar refractivity (Wildman–Crippen MR) is 135 cm³/mol. The first-order chi connectivity index (χ1) is 17.4. The minimum atomic E-state index is -0.670. The van der Waals surface area contributed by atoms with E-state index < -0.39 is 11.9 Å². The Morgan fingerprint density at radius 1 is 1.03 bits per heavy atom. The van der Waals surface area contributed by atoms with E-state index in [2.05, 4.69) is 4.99 Å². The van der Waals surface area contributed by atoms with Crippen LogP contribution >= 0.6 is 0 Å². The highest BCUT2D eigenvalue weighted by Crippen LogP contribution is 2.15. The number of hydrogen-bond acceptors (Lipinski definition) is 6. The fraction of sp³-hybridized carbons (Fsp3) is 0.296. The number of rotatable bonds is 7. The van der Waals surface area contributed by atoms with E-state index in [-0.39, 0.29) is 28.6 Å². The number of esters is 1. The van der Waals surface area contributed by atoms with Crippen molar-refractivity contribution in [3.63, 3.8) is 0 Å². The zero-order valence-corrected chi connectivity index (χ0v) is 20.8. The quantitative estimate of drug-likeness (QED) is 0.290. The highest BCUT2D eigenvalue weighted by Gasteiger charge is 2.20. The third-order valence-electron chi connectivity index (χ3n) is 5.67. The fourth-order valence-electron chi connectivity index (χ4n) is 4.02. The summed E-state index contributed by atoms with van der Waals surface area (Å²) in [5.41, 5.74) is 1.81. The van der Waals surface area contributed by atoms with Crippen molar-refractivity contribution in [3.8, 4) is 5.75 Å². The molecule has 1 amide bonds. The zero-order chi connectivity index (χ0) is 25.8. The zero-order valence-electron chi connectivity index (χ0n) is 20.8. The summed E-state index contributed by atoms with van der Waals surface area (Å²) in [5, 5.41) is 0.238. The molecule has 9 nitrogen and oxygen atoms in total. The summed E-state index contributed by atoms with van der Waals surface area (Å²) in [6, 6.07) is 11.7. The normalized spacial score (nSPS) is 11.7. The fourth-order valence-corrected chi connectivity index (χ4v) is 4.02. The van der Waals surface area contributed by atoms with Crippen LogP contribution in [0.1, 0.15) is 53.5 Å². The second-order valence-corrected chi connectivity index (χ2v) is 8.17. The van der Waals surface area contributed by atoms with Crippen LogP contribution in [0, 0.1) is 6.92 Å². The Labute approximate surface area is 207 Å². The highest BCUT2D eigenvalue weighted by molar-refractivity contribution is 5.97. The van der Waals surface area contributed by atoms with Crippen molar-refractivity contribution >= 4 is 28.6 Å². The minimum Gasteiger partial charge on any atom is -0.494 e. The molecule has 4 aromatic rings. The van der Waals surface area contributed by atoms with Crippen LogP contribution in [0.3, 0.4) is 0 Å². The van der Waals surface area contributed by atoms with E-state index >= 15 is 0 Å². The molecule has 0 spiro atoms. The number of nitrogens with zero attached hydrogens (tertiary/aromatic N) is 4. The first-order valence-corrected chi connectivity index (χ1v) is 11.9. The van der Waals surface area contributed by atoms with Crippen LogP contribution in [-0.4, -0.2) is 39.0 Å². The summed E-state index contributed by atoms with van der Waals surface area (Å²) in [4.78, 5) is 48.7. The van der Waals surface area contributed by atoms with Gasteiger partial charge >= 0.3 is 5.97 Å². The Morgan fingerprint density at radius 3 is 2.44 bits per heavy atom. The van der Waals surface area contributed by atoms with Gasteiger partial charge in [0.25, 0.3) is 11.5 Å². The van der Waals surface area contributed by atoms with Crippen molar-refractivity contribution in [1.82, 2.24) is 14.0 Å². The third-order valence-corrected chi connectivity index (χ3v) is 5.67. The van der Waals surface area contributed by atoms with E-state index in [4.69, 9.17) is 14.5 Å². The monoisotopic (exact) mass is 488 g/mol. The lowest BCUT2D eigenvalue weighted by atomic mass is 10.2. The lowest BCUT2D eigenvalue weighted by molar-refractivity contribution is 0.0523. The van der Waals surface area contributed by atoms with Gasteiger partial charge in [-0.1, -0.05) is 13.0 Å². The van der Waals surface area contributed by atoms with E-state index in [1.54, 1.807) is 48.0 Å². The number of fused-ring (bicyclic) bond motifs is 2. The van der Waals surface area contributed by atoms with Gasteiger partial charge < -0.3 is 14.0 Å². The third kappa shape index (κ3) is 4.64. The summed E-state index contributed by atoms with van der Waals surface area (Å²) in [7, 11) is 0. The van der Waals surface area contributed by atoms with Crippen LogP contribution in [0.2, 0.25) is 0 Å². The van der Waals surface area contributed by atoms with Crippen LogP contribution in [0.4, 0.5) is 0 Å². The molecule has 0 N–H and O–H groups in total. The molecule has 36 heavy (non-hydrogen) atoms. The van der Waals surface area contributed by atoms with E-state index in [9.17, 15) is 14.4 Å². The summed E-state index contributed by atoms with van der Waals surface area (Å²) in [6.07, 6.45) is 2.29. The lowest BCUT2D eigenvalue weighted by Crippen LogP contribution is -2.32. The SMILES string of the molecule is CCCn1c(=NC(=O)c2ccc(OCC)cc2)c(C(=O)OCC)cc2c(=O)n3cccc(C)c3nc21. The van der Waals surface area contributed by atoms with Crippen LogP contribution in [0.5, 0.6) is 5.75 Å². The number of benzene rings is 1. The molecule has 4 rings (SSSR count). The number of carbonyl (C=O) groups excluding carboxylic acids is 2. The molecule has 0 radical (unpaired) electrons. The van der Waals surface area contributed by atoms with Crippen LogP contribution < -0.4 is 15.8 Å². The van der Waals surface area contributed by atoms with Crippen LogP contribution in [-0.2, 0) is 11.3 Å². The molecule has 1 aromatic carbocycles. The molecular formula is C27H28N4O5. The molecule has 0 aliphatic carbocycles. The number of carbonyl (C=O) groups is 2. The predicted octanol–water partition coefficient (Wildman–Crippen LogP) is 3.68. The van der Waals surface area contributed by atoms with E-state index in [1.807, 2.05) is 26.8 Å². The van der Waals surface area contributed by atoms with Gasteiger partial charge in [-0.15, -0.1) is 0 Å². The van der Waals surface area contributed by atoms with Gasteiger partial charge in [0, 0.05) is 18.3 Å². The Bertz CT molecular complexity index is 1580. The first-order valence-electron chi connectivity index (χ1n) is 11.9. The number of hydrogen-bond donors (Lipinski definition) is 0. The van der Waals surface area contributed by atoms with Gasteiger partial charge in [-0.3, -0.25) is 14.0 Å². The molecular weight excluding hydrogens is 460 g/mol. The summed E-state index contributed by atoms with van der Waals surface area (Å²) in [5.74, 6) is -0.572. The minimum absolute atomic E-state index is 0.0311. The van der Waals surface area contributed by atoms with Gasteiger partial charge in [-0.2, -0.15) is 4.99 Å². The second kappa shape index (κ2) is 10.6. The molecule has 0 saturated heterocycles. The molecule has 3 aromatic heterocycles. The number of amides is 1. The maximum atomic E-state index is 13.4. The Kier molecular flexibility index (Phi) is 7.28. The smallest absolute Gasteiger partial charge is 0.341 e. The van der Waals surface area contributed by atoms with Crippen molar-refractivity contribution in [2.75, 3.05) is 13.2 Å². The molecule has 0 aliphatic rings. The number of aryl methyl sites for hydroxylation is 2. The van der Waals surface area contributed by atoms with Crippen molar-refractivity contribution < 1.29 is 19.1 Å². The van der Waals surface area contributed by atoms with Crippen molar-refractivity contribution in [3.05, 3.63) is 81.2 Å². The molecule has 0 bridgehead atoms. The van der Waals surface area contributed by atoms with Gasteiger partial charge in [0.1, 0.15) is 22.6 Å². The topological polar surface area (TPSA) is 104 Å². The van der Waals surface area contributed by atoms with E-state index in [0.717, 1.165) is 5.56 Å². The van der Waals surface area contributed by atoms with Gasteiger partial charge in [-0.05, 0) is 69.2 Å². The maximum Gasteiger partial charge on any atom is 0.341 e. The molecule has 9 heteroatoms. The Morgan fingerprint density at radius 2 is 1.78 bits per heavy atom. The largest absolute Gasteiger partial charge is 0.494 e. The average molecular weight is 489 g/mol. The molecule has 0 saturated carbocycles. The number of pyridine rings is 2. The van der Waals surface area contributed by atoms with Gasteiger partial charge in [0.15, 0.2) is 5.49 Å². The number of aromatic nitrogens is 3. The van der Waals surface area contributed by atoms with Gasteiger partial charge in [-0.25, -0.2) is 9.78 Å². The molecule has 3 heterocycles. The molecule has 0 fully saturated rings. The molecule has 0 aliphatic heterocycles. The summed E-state index contributed by atoms with van der Waals surface area (Å²) >= 11 is 0. The lowest BCUT2D eigenvalue weighted by Gasteiger charge is -2.15. The van der Waals surface area contributed by atoms with E-state index in [0.29, 0.717) is 42.2 Å². The van der Waals surface area contributed by atoms with Crippen LogP contribution in [0.25, 0.3) is 16.7 Å². The molecule has 186 valence electrons. The van der Waals surface area contributed by atoms with Gasteiger partial charge in [0.2, 0.25) is 0 Å². The van der Waals surface area contributed by atoms with Crippen molar-refractivity contribution in [2.45, 2.75) is 40.7 Å². The standard InChI is InChI=1S/C27H28N4O5/c1-5-14-30-23-20(26(33)31-15-8-9-17(4)22(31)28-23)16-21(27(34)36-7-3)24(30)29-25(32)18-10-12-19(13-11-18)35-6-2/h8-13,15-16H,5-7,14H2,1-4H3. The van der Waals surface area contributed by atoms with Crippen molar-refractivity contribution in [2.24, 2.45) is 4.99 Å². The van der Waals surface area contributed by atoms with E-state index in [1.165, 1.54) is 10.5 Å². The first kappa shape index (κ1) is 24.8. The Balaban J connectivity index is 2.05. The second-order valence-electron chi connectivity index (χ2n) is 8.17. The molecule has 0 atom stereocenters. The Hall–Kier alpha value is -4.27. The molecule has 0 unspecified atom stereocenters. The summed E-state index contributed by atoms with van der Waals surface area (Å²) in [6.45, 7) is 8.41. The van der Waals surface area contributed by atoms with Crippen molar-refractivity contribution in [1.29, 1.82) is 0 Å². The van der Waals surface area contributed by atoms with Gasteiger partial charge in [0.05, 0.1) is 18.6 Å². The van der Waals surface area contributed by atoms with Crippen LogP contribution in [0.15, 0.2) is 58.4 Å². The number of ether oxygens (including phenoxy) is 2.